The molecule has 1 unspecified atom stereocenters. The van der Waals surface area contributed by atoms with Crippen LogP contribution in [-0.4, -0.2) is 32.2 Å². The topological polar surface area (TPSA) is 50.4 Å². The van der Waals surface area contributed by atoms with Gasteiger partial charge in [-0.1, -0.05) is 11.6 Å². The van der Waals surface area contributed by atoms with Crippen LogP contribution in [0.15, 0.2) is 18.2 Å². The average Bonchev–Trinajstić information content (AvgIpc) is 2.67. The highest BCUT2D eigenvalue weighted by Crippen LogP contribution is 2.24. The van der Waals surface area contributed by atoms with Crippen molar-refractivity contribution in [3.8, 4) is 0 Å². The van der Waals surface area contributed by atoms with Gasteiger partial charge in [-0.15, -0.1) is 0 Å². The number of carbonyl (C=O) groups excluding carboxylic acids is 1. The van der Waals surface area contributed by atoms with E-state index in [-0.39, 0.29) is 5.97 Å². The molecule has 1 aliphatic heterocycles. The molecule has 1 aromatic carbocycles. The second kappa shape index (κ2) is 6.78. The molecule has 104 valence electrons. The molecule has 0 aliphatic carbocycles. The van der Waals surface area contributed by atoms with E-state index in [1.807, 2.05) is 0 Å². The summed E-state index contributed by atoms with van der Waals surface area (Å²) in [7, 11) is 1.39. The molecule has 2 rings (SSSR count). The van der Waals surface area contributed by atoms with Crippen LogP contribution in [0.3, 0.4) is 0 Å². The maximum absolute atomic E-state index is 11.7. The molecule has 1 aliphatic rings. The molecular weight excluding hydrogens is 264 g/mol. The fourth-order valence-electron chi connectivity index (χ4n) is 2.31. The highest BCUT2D eigenvalue weighted by molar-refractivity contribution is 6.31. The lowest BCUT2D eigenvalue weighted by molar-refractivity contribution is 0.0602. The summed E-state index contributed by atoms with van der Waals surface area (Å²) in [5.74, 6) is -0.342. The van der Waals surface area contributed by atoms with Crippen molar-refractivity contribution in [2.45, 2.75) is 25.3 Å². The Balaban J connectivity index is 2.17. The van der Waals surface area contributed by atoms with Crippen molar-refractivity contribution in [3.05, 3.63) is 28.8 Å². The van der Waals surface area contributed by atoms with Crippen molar-refractivity contribution in [3.63, 3.8) is 0 Å². The summed E-state index contributed by atoms with van der Waals surface area (Å²) in [5.41, 5.74) is 1.29. The molecule has 5 heteroatoms. The molecular formula is C14H19ClN2O2. The van der Waals surface area contributed by atoms with Gasteiger partial charge >= 0.3 is 5.97 Å². The third-order valence-corrected chi connectivity index (χ3v) is 3.56. The fraction of sp³-hybridized carbons (Fsp3) is 0.500. The molecule has 1 aromatic rings. The van der Waals surface area contributed by atoms with Crippen molar-refractivity contribution in [1.29, 1.82) is 0 Å². The van der Waals surface area contributed by atoms with E-state index in [9.17, 15) is 4.79 Å². The largest absolute Gasteiger partial charge is 0.465 e. The predicted molar refractivity (Wildman–Crippen MR) is 76.9 cm³/mol. The first-order valence-electron chi connectivity index (χ1n) is 6.56. The summed E-state index contributed by atoms with van der Waals surface area (Å²) in [4.78, 5) is 11.7. The van der Waals surface area contributed by atoms with Gasteiger partial charge in [0, 0.05) is 11.1 Å². The quantitative estimate of drug-likeness (QED) is 0.837. The Kier molecular flexibility index (Phi) is 5.05. The normalized spacial score (nSPS) is 19.6. The molecule has 4 nitrogen and oxygen atoms in total. The van der Waals surface area contributed by atoms with Crippen molar-refractivity contribution >= 4 is 23.3 Å². The summed E-state index contributed by atoms with van der Waals surface area (Å²) < 4.78 is 4.80. The maximum atomic E-state index is 11.7. The van der Waals surface area contributed by atoms with Gasteiger partial charge in [0.1, 0.15) is 0 Å². The van der Waals surface area contributed by atoms with Crippen molar-refractivity contribution in [2.24, 2.45) is 0 Å². The number of methoxy groups -OCH3 is 1. The summed E-state index contributed by atoms with van der Waals surface area (Å²) in [6, 6.07) is 5.54. The molecule has 0 saturated carbocycles. The van der Waals surface area contributed by atoms with Crippen molar-refractivity contribution in [1.82, 2.24) is 5.32 Å². The highest BCUT2D eigenvalue weighted by Gasteiger charge is 2.17. The van der Waals surface area contributed by atoms with E-state index in [0.29, 0.717) is 16.6 Å². The average molecular weight is 283 g/mol. The number of rotatable bonds is 3. The summed E-state index contributed by atoms with van der Waals surface area (Å²) in [5, 5.41) is 7.40. The highest BCUT2D eigenvalue weighted by atomic mass is 35.5. The van der Waals surface area contributed by atoms with Crippen LogP contribution in [-0.2, 0) is 4.74 Å². The molecule has 1 atom stereocenters. The van der Waals surface area contributed by atoms with Gasteiger partial charge in [0.05, 0.1) is 18.4 Å². The number of carbonyl (C=O) groups is 1. The van der Waals surface area contributed by atoms with Crippen LogP contribution >= 0.6 is 11.6 Å². The Labute approximate surface area is 118 Å². The van der Waals surface area contributed by atoms with Crippen LogP contribution in [0, 0.1) is 0 Å². The van der Waals surface area contributed by atoms with Gasteiger partial charge in [0.2, 0.25) is 0 Å². The number of benzene rings is 1. The van der Waals surface area contributed by atoms with Crippen LogP contribution in [0.4, 0.5) is 5.69 Å². The lowest BCUT2D eigenvalue weighted by Crippen LogP contribution is -2.22. The minimum atomic E-state index is -0.342. The molecule has 1 heterocycles. The number of hydrogen-bond donors (Lipinski definition) is 2. The van der Waals surface area contributed by atoms with E-state index in [1.54, 1.807) is 18.2 Å². The SMILES string of the molecule is COC(=O)c1ccc(Cl)cc1NC1CCCNCC1. The lowest BCUT2D eigenvalue weighted by Gasteiger charge is -2.19. The number of ether oxygens (including phenoxy) is 1. The van der Waals surface area contributed by atoms with Gasteiger partial charge in [-0.2, -0.15) is 0 Å². The molecule has 0 amide bonds. The van der Waals surface area contributed by atoms with Crippen LogP contribution in [0.2, 0.25) is 5.02 Å². The molecule has 1 saturated heterocycles. The Hall–Kier alpha value is -1.26. The molecule has 0 aromatic heterocycles. The summed E-state index contributed by atoms with van der Waals surface area (Å²) in [6.07, 6.45) is 3.25. The van der Waals surface area contributed by atoms with E-state index in [1.165, 1.54) is 7.11 Å². The third kappa shape index (κ3) is 3.85. The number of anilines is 1. The second-order valence-corrected chi connectivity index (χ2v) is 5.14. The summed E-state index contributed by atoms with van der Waals surface area (Å²) in [6.45, 7) is 2.05. The van der Waals surface area contributed by atoms with Crippen LogP contribution < -0.4 is 10.6 Å². The molecule has 0 bridgehead atoms. The zero-order chi connectivity index (χ0) is 13.7. The standard InChI is InChI=1S/C14H19ClN2O2/c1-19-14(18)12-5-4-10(15)9-13(12)17-11-3-2-7-16-8-6-11/h4-5,9,11,16-17H,2-3,6-8H2,1H3. The Morgan fingerprint density at radius 1 is 1.42 bits per heavy atom. The number of nitrogens with one attached hydrogen (secondary N) is 2. The van der Waals surface area contributed by atoms with Gasteiger partial charge < -0.3 is 15.4 Å². The van der Waals surface area contributed by atoms with Gasteiger partial charge in [0.15, 0.2) is 0 Å². The fourth-order valence-corrected chi connectivity index (χ4v) is 2.48. The monoisotopic (exact) mass is 282 g/mol. The van der Waals surface area contributed by atoms with Crippen LogP contribution in [0.25, 0.3) is 0 Å². The lowest BCUT2D eigenvalue weighted by atomic mass is 10.1. The first-order chi connectivity index (χ1) is 9.20. The van der Waals surface area contributed by atoms with Gasteiger partial charge in [-0.25, -0.2) is 4.79 Å². The van der Waals surface area contributed by atoms with Crippen LogP contribution in [0.1, 0.15) is 29.6 Å². The number of halogens is 1. The van der Waals surface area contributed by atoms with Gasteiger partial charge in [-0.05, 0) is 50.6 Å². The third-order valence-electron chi connectivity index (χ3n) is 3.32. The van der Waals surface area contributed by atoms with E-state index in [4.69, 9.17) is 16.3 Å². The Morgan fingerprint density at radius 3 is 3.05 bits per heavy atom. The minimum absolute atomic E-state index is 0.342. The Morgan fingerprint density at radius 2 is 2.26 bits per heavy atom. The zero-order valence-electron chi connectivity index (χ0n) is 11.0. The molecule has 1 fully saturated rings. The predicted octanol–water partition coefficient (Wildman–Crippen LogP) is 2.68. The van der Waals surface area contributed by atoms with E-state index >= 15 is 0 Å². The minimum Gasteiger partial charge on any atom is -0.465 e. The summed E-state index contributed by atoms with van der Waals surface area (Å²) >= 11 is 6.01. The second-order valence-electron chi connectivity index (χ2n) is 4.70. The van der Waals surface area contributed by atoms with Crippen LogP contribution in [0.5, 0.6) is 0 Å². The molecule has 2 N–H and O–H groups in total. The first-order valence-corrected chi connectivity index (χ1v) is 6.93. The van der Waals surface area contributed by atoms with E-state index in [0.717, 1.165) is 38.0 Å². The Bertz CT molecular complexity index is 443. The zero-order valence-corrected chi connectivity index (χ0v) is 11.8. The maximum Gasteiger partial charge on any atom is 0.339 e. The van der Waals surface area contributed by atoms with Gasteiger partial charge in [-0.3, -0.25) is 0 Å². The van der Waals surface area contributed by atoms with Crippen molar-refractivity contribution < 1.29 is 9.53 Å². The first kappa shape index (κ1) is 14.2. The van der Waals surface area contributed by atoms with E-state index in [2.05, 4.69) is 10.6 Å². The van der Waals surface area contributed by atoms with Crippen molar-refractivity contribution in [2.75, 3.05) is 25.5 Å². The molecule has 0 spiro atoms. The van der Waals surface area contributed by atoms with Gasteiger partial charge in [0.25, 0.3) is 0 Å². The molecule has 19 heavy (non-hydrogen) atoms. The number of esters is 1. The van der Waals surface area contributed by atoms with E-state index < -0.39 is 0 Å². The molecule has 0 radical (unpaired) electrons. The smallest absolute Gasteiger partial charge is 0.339 e. The number of hydrogen-bond acceptors (Lipinski definition) is 4.